The van der Waals surface area contributed by atoms with Gasteiger partial charge in [-0.1, -0.05) is 6.92 Å². The number of benzene rings is 2. The number of hydrogen-bond donors (Lipinski definition) is 13. The van der Waals surface area contributed by atoms with Crippen LogP contribution in [0, 0.1) is 34.6 Å². The highest BCUT2D eigenvalue weighted by Crippen LogP contribution is 2.36. The molecule has 5 atom stereocenters. The minimum Gasteiger partial charge on any atom is -0.394 e. The molecule has 2 aromatic carbocycles. The summed E-state index contributed by atoms with van der Waals surface area (Å²) in [6.07, 6.45) is -6.11. The smallest absolute Gasteiger partial charge is 0.252 e. The predicted octanol–water partition coefficient (Wildman–Crippen LogP) is -3.89. The van der Waals surface area contributed by atoms with Crippen LogP contribution in [0.2, 0.25) is 0 Å². The zero-order valence-corrected chi connectivity index (χ0v) is 35.2. The summed E-state index contributed by atoms with van der Waals surface area (Å²) in [4.78, 5) is 82.3. The van der Waals surface area contributed by atoms with Crippen molar-refractivity contribution in [3.05, 3.63) is 55.6 Å². The normalized spacial score (nSPS) is 13.6. The van der Waals surface area contributed by atoms with E-state index in [1.165, 1.54) is 34.6 Å². The van der Waals surface area contributed by atoms with Crippen molar-refractivity contribution in [2.24, 2.45) is 0 Å². The number of hydrogen-bond acceptors (Lipinski definition) is 15. The maximum atomic E-state index is 13.7. The van der Waals surface area contributed by atoms with E-state index in [2.05, 4.69) is 21.3 Å². The minimum absolute atomic E-state index is 0.00632. The van der Waals surface area contributed by atoms with Gasteiger partial charge in [-0.2, -0.15) is 0 Å². The minimum atomic E-state index is -1.59. The van der Waals surface area contributed by atoms with Crippen LogP contribution in [0.4, 0.5) is 11.4 Å². The molecular formula is C40H60N6O15. The number of nitrogens with zero attached hydrogens (tertiary/aromatic N) is 2. The number of carbonyl (C=O) groups is 6. The van der Waals surface area contributed by atoms with Gasteiger partial charge in [0.25, 0.3) is 23.6 Å². The summed E-state index contributed by atoms with van der Waals surface area (Å²) in [5, 5.41) is 98.2. The number of carbonyl (C=O) groups excluding carboxylic acids is 6. The summed E-state index contributed by atoms with van der Waals surface area (Å²) in [6.45, 7) is 3.79. The molecular weight excluding hydrogens is 804 g/mol. The van der Waals surface area contributed by atoms with Crippen LogP contribution in [0.25, 0.3) is 0 Å². The van der Waals surface area contributed by atoms with E-state index < -0.39 is 93.7 Å². The third kappa shape index (κ3) is 13.0. The van der Waals surface area contributed by atoms with Crippen LogP contribution in [-0.4, -0.2) is 179 Å². The Morgan fingerprint density at radius 2 is 0.754 bits per heavy atom. The Morgan fingerprint density at radius 3 is 1.05 bits per heavy atom. The zero-order valence-electron chi connectivity index (χ0n) is 35.2. The lowest BCUT2D eigenvalue weighted by Gasteiger charge is -2.32. The Bertz CT molecular complexity index is 1840. The molecule has 61 heavy (non-hydrogen) atoms. The highest BCUT2D eigenvalue weighted by Gasteiger charge is 2.32. The van der Waals surface area contributed by atoms with Gasteiger partial charge in [-0.3, -0.25) is 28.8 Å². The second-order valence-corrected chi connectivity index (χ2v) is 14.5. The van der Waals surface area contributed by atoms with Crippen molar-refractivity contribution in [2.75, 3.05) is 75.5 Å². The molecule has 0 heterocycles. The Kier molecular flexibility index (Phi) is 20.8. The molecule has 0 aromatic heterocycles. The van der Waals surface area contributed by atoms with Gasteiger partial charge >= 0.3 is 0 Å². The topological polar surface area (TPSA) is 339 Å². The predicted molar refractivity (Wildman–Crippen MR) is 220 cm³/mol. The fourth-order valence-electron chi connectivity index (χ4n) is 7.13. The van der Waals surface area contributed by atoms with Crippen LogP contribution in [-0.2, 0) is 16.0 Å². The van der Waals surface area contributed by atoms with Crippen molar-refractivity contribution in [3.63, 3.8) is 0 Å². The van der Waals surface area contributed by atoms with Gasteiger partial charge in [-0.15, -0.1) is 0 Å². The second-order valence-electron chi connectivity index (χ2n) is 14.5. The monoisotopic (exact) mass is 864 g/mol. The summed E-state index contributed by atoms with van der Waals surface area (Å²) >= 11 is 0. The Labute approximate surface area is 353 Å². The molecule has 21 nitrogen and oxygen atoms in total. The molecule has 0 aliphatic heterocycles. The molecule has 340 valence electrons. The summed E-state index contributed by atoms with van der Waals surface area (Å²) in [6, 6.07) is 0. The zero-order chi connectivity index (χ0) is 46.3. The Morgan fingerprint density at radius 1 is 0.475 bits per heavy atom. The average Bonchev–Trinajstić information content (AvgIpc) is 3.23. The molecule has 5 unspecified atom stereocenters. The molecule has 2 rings (SSSR count). The first-order chi connectivity index (χ1) is 28.8. The van der Waals surface area contributed by atoms with E-state index >= 15 is 0 Å². The summed E-state index contributed by atoms with van der Waals surface area (Å²) in [7, 11) is 0. The molecule has 0 saturated heterocycles. The molecule has 0 radical (unpaired) electrons. The lowest BCUT2D eigenvalue weighted by Crippen LogP contribution is -2.42. The maximum absolute atomic E-state index is 13.7. The van der Waals surface area contributed by atoms with E-state index in [0.29, 0.717) is 12.8 Å². The lowest BCUT2D eigenvalue weighted by molar-refractivity contribution is -0.108. The van der Waals surface area contributed by atoms with Crippen molar-refractivity contribution in [1.82, 2.24) is 21.3 Å². The van der Waals surface area contributed by atoms with Crippen LogP contribution in [0.3, 0.4) is 0 Å². The van der Waals surface area contributed by atoms with Crippen molar-refractivity contribution in [3.8, 4) is 0 Å². The van der Waals surface area contributed by atoms with E-state index in [-0.39, 0.29) is 99.6 Å². The summed E-state index contributed by atoms with van der Waals surface area (Å²) in [5.41, 5.74) is 0.776. The van der Waals surface area contributed by atoms with Gasteiger partial charge in [-0.25, -0.2) is 0 Å². The largest absolute Gasteiger partial charge is 0.394 e. The van der Waals surface area contributed by atoms with Crippen LogP contribution in [0.15, 0.2) is 0 Å². The number of aliphatic hydroxyl groups is 9. The highest BCUT2D eigenvalue weighted by atomic mass is 16.3. The van der Waals surface area contributed by atoms with E-state index in [1.807, 2.05) is 0 Å². The van der Waals surface area contributed by atoms with Gasteiger partial charge in [-0.05, 0) is 74.4 Å². The number of nitrogens with one attached hydrogen (secondary N) is 4. The fraction of sp³-hybridized carbons (Fsp3) is 0.550. The quantitative estimate of drug-likeness (QED) is 0.0425. The molecule has 0 fully saturated rings. The summed E-state index contributed by atoms with van der Waals surface area (Å²) < 4.78 is 0. The SMILES string of the molecule is CCc1c(C(=O)NCC(O)CO)c(C)c(C(=O)NCC(O)CO)c(C)c1N(C=O)CC(O)CN(C=O)c1c(C)c(C(=O)NCC(O)CO)c(C)c(C(=O)NCC(O)CO)c1C. The lowest BCUT2D eigenvalue weighted by atomic mass is 9.87. The van der Waals surface area contributed by atoms with Crippen molar-refractivity contribution in [2.45, 2.75) is 78.5 Å². The third-order valence-electron chi connectivity index (χ3n) is 10.0. The van der Waals surface area contributed by atoms with Gasteiger partial charge in [0.05, 0.1) is 81.4 Å². The molecule has 0 saturated carbocycles. The van der Waals surface area contributed by atoms with Crippen molar-refractivity contribution < 1.29 is 74.7 Å². The van der Waals surface area contributed by atoms with Gasteiger partial charge in [0.15, 0.2) is 0 Å². The third-order valence-corrected chi connectivity index (χ3v) is 10.0. The average molecular weight is 865 g/mol. The Balaban J connectivity index is 2.78. The van der Waals surface area contributed by atoms with Gasteiger partial charge in [0, 0.05) is 48.4 Å². The fourth-order valence-corrected chi connectivity index (χ4v) is 7.13. The van der Waals surface area contributed by atoms with Crippen LogP contribution in [0.5, 0.6) is 0 Å². The molecule has 13 N–H and O–H groups in total. The molecule has 0 aliphatic carbocycles. The van der Waals surface area contributed by atoms with E-state index in [4.69, 9.17) is 0 Å². The van der Waals surface area contributed by atoms with Gasteiger partial charge in [0.1, 0.15) is 0 Å². The highest BCUT2D eigenvalue weighted by molar-refractivity contribution is 6.08. The molecule has 6 amide bonds. The number of rotatable bonds is 25. The van der Waals surface area contributed by atoms with Crippen molar-refractivity contribution >= 4 is 47.8 Å². The Hall–Kier alpha value is -5.10. The van der Waals surface area contributed by atoms with Crippen LogP contribution >= 0.6 is 0 Å². The van der Waals surface area contributed by atoms with E-state index in [0.717, 1.165) is 9.80 Å². The molecule has 2 aromatic rings. The number of anilines is 2. The van der Waals surface area contributed by atoms with Gasteiger partial charge in [0.2, 0.25) is 12.8 Å². The first-order valence-electron chi connectivity index (χ1n) is 19.5. The molecule has 0 spiro atoms. The second kappa shape index (κ2) is 24.4. The van der Waals surface area contributed by atoms with E-state index in [9.17, 15) is 74.7 Å². The first-order valence-corrected chi connectivity index (χ1v) is 19.5. The first kappa shape index (κ1) is 52.0. The maximum Gasteiger partial charge on any atom is 0.252 e. The molecule has 21 heteroatoms. The number of aliphatic hydroxyl groups excluding tert-OH is 9. The van der Waals surface area contributed by atoms with Crippen LogP contribution < -0.4 is 31.1 Å². The van der Waals surface area contributed by atoms with Crippen molar-refractivity contribution in [1.29, 1.82) is 0 Å². The molecule has 0 aliphatic rings. The summed E-state index contributed by atoms with van der Waals surface area (Å²) in [5.74, 6) is -3.13. The van der Waals surface area contributed by atoms with Gasteiger partial charge < -0.3 is 77.0 Å². The standard InChI is InChI=1S/C40H60N6O15/c1-7-30-34(40(61)44-11-28(56)17-50)21(3)33(39(60)43-10-27(55)16-49)24(6)36(30)46(19-52)13-29(57)12-45(18-51)35-22(4)31(37(58)41-8-25(53)14-47)20(2)32(23(35)5)38(59)42-9-26(54)15-48/h18-19,25-29,47-50,53-57H,7-17H2,1-6H3,(H,41,58)(H,42,59)(H,43,60)(H,44,61). The number of amides is 6. The van der Waals surface area contributed by atoms with Crippen LogP contribution in [0.1, 0.15) is 81.7 Å². The molecule has 0 bridgehead atoms. The van der Waals surface area contributed by atoms with E-state index in [1.54, 1.807) is 6.92 Å².